The minimum Gasteiger partial charge on any atom is -0.351 e. The van der Waals surface area contributed by atoms with Crippen molar-refractivity contribution in [3.05, 3.63) is 22.7 Å². The molecule has 0 spiro atoms. The Labute approximate surface area is 101 Å². The number of aromatic nitrogens is 2. The molecule has 1 N–H and O–H groups in total. The molecule has 0 amide bonds. The van der Waals surface area contributed by atoms with E-state index in [1.165, 1.54) is 0 Å². The Kier molecular flexibility index (Phi) is 3.19. The zero-order valence-corrected chi connectivity index (χ0v) is 10.7. The summed E-state index contributed by atoms with van der Waals surface area (Å²) in [7, 11) is 3.73. The van der Waals surface area contributed by atoms with E-state index in [0.717, 1.165) is 26.1 Å². The summed E-state index contributed by atoms with van der Waals surface area (Å²) >= 11 is 0. The van der Waals surface area contributed by atoms with Gasteiger partial charge >= 0.3 is 0 Å². The molecule has 2 rings (SSSR count). The molecule has 5 nitrogen and oxygen atoms in total. The number of hydrogen-bond donors (Lipinski definition) is 1. The molecule has 0 saturated carbocycles. The standard InChI is InChI=1S/C12H20N4O/c1-12(8-13-2)4-6-16(9-12)10-11(17)15(3)7-5-14-10/h5,7,13H,4,6,8-9H2,1-3H3. The monoisotopic (exact) mass is 236 g/mol. The van der Waals surface area contributed by atoms with Crippen molar-refractivity contribution in [3.63, 3.8) is 0 Å². The molecule has 94 valence electrons. The third kappa shape index (κ3) is 2.34. The molecule has 0 aliphatic carbocycles. The SMILES string of the molecule is CNCC1(C)CCN(c2nccn(C)c2=O)C1. The lowest BCUT2D eigenvalue weighted by Crippen LogP contribution is -2.36. The van der Waals surface area contributed by atoms with E-state index in [9.17, 15) is 4.79 Å². The highest BCUT2D eigenvalue weighted by Crippen LogP contribution is 2.30. The molecule has 1 saturated heterocycles. The Bertz CT molecular complexity index is 456. The van der Waals surface area contributed by atoms with Crippen LogP contribution in [0.3, 0.4) is 0 Å². The second-order valence-corrected chi connectivity index (χ2v) is 5.18. The fourth-order valence-corrected chi connectivity index (χ4v) is 2.48. The van der Waals surface area contributed by atoms with E-state index in [1.807, 2.05) is 7.05 Å². The molecule has 1 fully saturated rings. The van der Waals surface area contributed by atoms with Gasteiger partial charge in [-0.1, -0.05) is 6.92 Å². The predicted molar refractivity (Wildman–Crippen MR) is 68.3 cm³/mol. The first-order chi connectivity index (χ1) is 8.06. The Morgan fingerprint density at radius 1 is 1.59 bits per heavy atom. The molecule has 2 heterocycles. The minimum absolute atomic E-state index is 0.0128. The van der Waals surface area contributed by atoms with Crippen LogP contribution in [0.5, 0.6) is 0 Å². The van der Waals surface area contributed by atoms with Crippen molar-refractivity contribution in [1.29, 1.82) is 0 Å². The summed E-state index contributed by atoms with van der Waals surface area (Å²) in [6.07, 6.45) is 4.47. The van der Waals surface area contributed by atoms with E-state index in [4.69, 9.17) is 0 Å². The van der Waals surface area contributed by atoms with Crippen molar-refractivity contribution in [2.75, 3.05) is 31.6 Å². The van der Waals surface area contributed by atoms with Crippen LogP contribution in [0.2, 0.25) is 0 Å². The Hall–Kier alpha value is -1.36. The van der Waals surface area contributed by atoms with Gasteiger partial charge in [-0.2, -0.15) is 0 Å². The quantitative estimate of drug-likeness (QED) is 0.815. The van der Waals surface area contributed by atoms with Crippen LogP contribution in [0.4, 0.5) is 5.82 Å². The van der Waals surface area contributed by atoms with Gasteiger partial charge in [0.2, 0.25) is 0 Å². The zero-order valence-electron chi connectivity index (χ0n) is 10.7. The highest BCUT2D eigenvalue weighted by molar-refractivity contribution is 5.37. The maximum absolute atomic E-state index is 12.0. The molecule has 1 aromatic heterocycles. The maximum Gasteiger partial charge on any atom is 0.293 e. The Morgan fingerprint density at radius 3 is 3.06 bits per heavy atom. The summed E-state index contributed by atoms with van der Waals surface area (Å²) in [5.41, 5.74) is 0.221. The number of nitrogens with zero attached hydrogens (tertiary/aromatic N) is 3. The molecule has 1 aromatic rings. The van der Waals surface area contributed by atoms with Gasteiger partial charge < -0.3 is 14.8 Å². The number of rotatable bonds is 3. The van der Waals surface area contributed by atoms with Gasteiger partial charge in [-0.25, -0.2) is 4.98 Å². The lowest BCUT2D eigenvalue weighted by Gasteiger charge is -2.24. The number of nitrogens with one attached hydrogen (secondary N) is 1. The summed E-state index contributed by atoms with van der Waals surface area (Å²) in [6.45, 7) is 5.01. The Balaban J connectivity index is 2.21. The fraction of sp³-hybridized carbons (Fsp3) is 0.667. The van der Waals surface area contributed by atoms with Crippen LogP contribution in [0.15, 0.2) is 17.2 Å². The van der Waals surface area contributed by atoms with Gasteiger partial charge in [0.15, 0.2) is 5.82 Å². The minimum atomic E-state index is -0.0128. The number of aryl methyl sites for hydroxylation is 1. The van der Waals surface area contributed by atoms with Gasteiger partial charge in [0.05, 0.1) is 0 Å². The fourth-order valence-electron chi connectivity index (χ4n) is 2.48. The van der Waals surface area contributed by atoms with E-state index < -0.39 is 0 Å². The first-order valence-corrected chi connectivity index (χ1v) is 5.97. The number of hydrogen-bond acceptors (Lipinski definition) is 4. The first kappa shape index (κ1) is 12.1. The van der Waals surface area contributed by atoms with E-state index in [0.29, 0.717) is 5.82 Å². The van der Waals surface area contributed by atoms with E-state index in [-0.39, 0.29) is 11.0 Å². The van der Waals surface area contributed by atoms with Crippen molar-refractivity contribution >= 4 is 5.82 Å². The zero-order chi connectivity index (χ0) is 12.5. The van der Waals surface area contributed by atoms with E-state index >= 15 is 0 Å². The van der Waals surface area contributed by atoms with Crippen LogP contribution in [-0.2, 0) is 7.05 Å². The first-order valence-electron chi connectivity index (χ1n) is 5.97. The van der Waals surface area contributed by atoms with Gasteiger partial charge in [-0.3, -0.25) is 4.79 Å². The average molecular weight is 236 g/mol. The number of anilines is 1. The van der Waals surface area contributed by atoms with Crippen LogP contribution >= 0.6 is 0 Å². The van der Waals surface area contributed by atoms with Gasteiger partial charge in [0, 0.05) is 39.1 Å². The van der Waals surface area contributed by atoms with Gasteiger partial charge in [-0.05, 0) is 18.9 Å². The smallest absolute Gasteiger partial charge is 0.293 e. The van der Waals surface area contributed by atoms with Gasteiger partial charge in [0.1, 0.15) is 0 Å². The van der Waals surface area contributed by atoms with Crippen molar-refractivity contribution in [3.8, 4) is 0 Å². The van der Waals surface area contributed by atoms with Crippen LogP contribution in [-0.4, -0.2) is 36.2 Å². The molecule has 0 radical (unpaired) electrons. The normalized spacial score (nSPS) is 24.3. The molecular weight excluding hydrogens is 216 g/mol. The molecule has 1 aliphatic rings. The molecule has 17 heavy (non-hydrogen) atoms. The molecule has 0 aromatic carbocycles. The van der Waals surface area contributed by atoms with Gasteiger partial charge in [-0.15, -0.1) is 0 Å². The van der Waals surface area contributed by atoms with Crippen molar-refractivity contribution < 1.29 is 0 Å². The summed E-state index contributed by atoms with van der Waals surface area (Å²) in [5.74, 6) is 0.579. The summed E-state index contributed by atoms with van der Waals surface area (Å²) in [4.78, 5) is 18.3. The van der Waals surface area contributed by atoms with Crippen LogP contribution < -0.4 is 15.8 Å². The van der Waals surface area contributed by atoms with E-state index in [1.54, 1.807) is 24.0 Å². The van der Waals surface area contributed by atoms with Crippen LogP contribution in [0.1, 0.15) is 13.3 Å². The molecule has 1 atom stereocenters. The summed E-state index contributed by atoms with van der Waals surface area (Å²) in [5, 5.41) is 3.22. The topological polar surface area (TPSA) is 50.2 Å². The predicted octanol–water partition coefficient (Wildman–Crippen LogP) is 0.216. The van der Waals surface area contributed by atoms with Crippen LogP contribution in [0, 0.1) is 5.41 Å². The molecular formula is C12H20N4O. The molecule has 1 aliphatic heterocycles. The second kappa shape index (κ2) is 4.49. The lowest BCUT2D eigenvalue weighted by molar-refractivity contribution is 0.355. The van der Waals surface area contributed by atoms with Crippen molar-refractivity contribution in [1.82, 2.24) is 14.9 Å². The Morgan fingerprint density at radius 2 is 2.35 bits per heavy atom. The third-order valence-corrected chi connectivity index (χ3v) is 3.46. The van der Waals surface area contributed by atoms with Gasteiger partial charge in [0.25, 0.3) is 5.56 Å². The van der Waals surface area contributed by atoms with Crippen molar-refractivity contribution in [2.45, 2.75) is 13.3 Å². The van der Waals surface area contributed by atoms with E-state index in [2.05, 4.69) is 22.1 Å². The average Bonchev–Trinajstić information content (AvgIpc) is 2.65. The van der Waals surface area contributed by atoms with Crippen LogP contribution in [0.25, 0.3) is 0 Å². The highest BCUT2D eigenvalue weighted by atomic mass is 16.1. The molecule has 0 bridgehead atoms. The lowest BCUT2D eigenvalue weighted by atomic mass is 9.90. The summed E-state index contributed by atoms with van der Waals surface area (Å²) < 4.78 is 1.58. The molecule has 5 heteroatoms. The highest BCUT2D eigenvalue weighted by Gasteiger charge is 2.34. The third-order valence-electron chi connectivity index (χ3n) is 3.46. The summed E-state index contributed by atoms with van der Waals surface area (Å²) in [6, 6.07) is 0. The maximum atomic E-state index is 12.0. The largest absolute Gasteiger partial charge is 0.351 e. The second-order valence-electron chi connectivity index (χ2n) is 5.18. The van der Waals surface area contributed by atoms with Crippen molar-refractivity contribution in [2.24, 2.45) is 12.5 Å². The molecule has 1 unspecified atom stereocenters.